The molecule has 0 aliphatic rings. The van der Waals surface area contributed by atoms with Gasteiger partial charge in [0.2, 0.25) is 0 Å². The molecular weight excluding hydrogens is 339 g/mol. The van der Waals surface area contributed by atoms with Gasteiger partial charge in [-0.2, -0.15) is 13.2 Å². The summed E-state index contributed by atoms with van der Waals surface area (Å²) in [6.07, 6.45) is -3.90. The van der Waals surface area contributed by atoms with E-state index in [0.717, 1.165) is 24.3 Å². The van der Waals surface area contributed by atoms with Crippen molar-refractivity contribution in [1.29, 1.82) is 0 Å². The van der Waals surface area contributed by atoms with Gasteiger partial charge < -0.3 is 5.11 Å². The lowest BCUT2D eigenvalue weighted by molar-refractivity contribution is -0.137. The summed E-state index contributed by atoms with van der Waals surface area (Å²) in [5, 5.41) is 8.81. The Hall–Kier alpha value is -0.910. The molecule has 0 aliphatic heterocycles. The van der Waals surface area contributed by atoms with Gasteiger partial charge in [0.15, 0.2) is 0 Å². The summed E-state index contributed by atoms with van der Waals surface area (Å²) >= 11 is 16.7. The molecule has 2 nitrogen and oxygen atoms in total. The van der Waals surface area contributed by atoms with E-state index in [-0.39, 0.29) is 15.1 Å². The van der Waals surface area contributed by atoms with E-state index in [9.17, 15) is 18.0 Å². The summed E-state index contributed by atoms with van der Waals surface area (Å²) in [4.78, 5) is 10.8. The van der Waals surface area contributed by atoms with Gasteiger partial charge in [0.1, 0.15) is 4.49 Å². The van der Waals surface area contributed by atoms with Crippen LogP contribution < -0.4 is 0 Å². The fourth-order valence-corrected chi connectivity index (χ4v) is 2.16. The van der Waals surface area contributed by atoms with Crippen molar-refractivity contribution < 1.29 is 23.1 Å². The molecule has 1 aromatic rings. The number of rotatable bonds is 4. The maximum absolute atomic E-state index is 12.7. The fraction of sp³-hybridized carbons (Fsp3) is 0.250. The fourth-order valence-electron chi connectivity index (χ4n) is 1.60. The molecule has 0 aromatic heterocycles. The van der Waals surface area contributed by atoms with Crippen LogP contribution in [-0.2, 0) is 11.0 Å². The number of aliphatic carboxylic acids is 1. The van der Waals surface area contributed by atoms with Gasteiger partial charge in [0.05, 0.1) is 12.0 Å². The summed E-state index contributed by atoms with van der Waals surface area (Å²) in [6, 6.07) is 2.67. The smallest absolute Gasteiger partial charge is 0.416 e. The molecule has 0 radical (unpaired) electrons. The van der Waals surface area contributed by atoms with Crippen molar-refractivity contribution in [2.45, 2.75) is 18.5 Å². The average molecular weight is 348 g/mol. The van der Waals surface area contributed by atoms with E-state index in [1.165, 1.54) is 0 Å². The maximum Gasteiger partial charge on any atom is 0.416 e. The molecule has 1 aromatic carbocycles. The number of carbonyl (C=O) groups is 1. The van der Waals surface area contributed by atoms with E-state index in [1.54, 1.807) is 0 Å². The molecule has 1 unspecified atom stereocenters. The monoisotopic (exact) mass is 346 g/mol. The SMILES string of the molecule is O=C(O)CC(C=C(Cl)Cl)c1cc(C(F)(F)F)ccc1Cl. The molecule has 0 spiro atoms. The first-order valence-electron chi connectivity index (χ1n) is 5.22. The molecular formula is C12H8Cl3F3O2. The highest BCUT2D eigenvalue weighted by Crippen LogP contribution is 2.36. The third-order valence-corrected chi connectivity index (χ3v) is 3.04. The van der Waals surface area contributed by atoms with Crippen LogP contribution in [0.15, 0.2) is 28.8 Å². The van der Waals surface area contributed by atoms with Crippen molar-refractivity contribution in [3.8, 4) is 0 Å². The highest BCUT2D eigenvalue weighted by Gasteiger charge is 2.31. The second-order valence-electron chi connectivity index (χ2n) is 3.89. The van der Waals surface area contributed by atoms with Gasteiger partial charge in [-0.05, 0) is 29.8 Å². The zero-order valence-corrected chi connectivity index (χ0v) is 12.0. The van der Waals surface area contributed by atoms with Crippen molar-refractivity contribution in [1.82, 2.24) is 0 Å². The van der Waals surface area contributed by atoms with Crippen molar-refractivity contribution in [2.24, 2.45) is 0 Å². The van der Waals surface area contributed by atoms with Gasteiger partial charge in [0, 0.05) is 10.9 Å². The molecule has 1 rings (SSSR count). The second kappa shape index (κ2) is 6.70. The Morgan fingerprint density at radius 3 is 2.40 bits per heavy atom. The van der Waals surface area contributed by atoms with Crippen LogP contribution >= 0.6 is 34.8 Å². The first-order chi connectivity index (χ1) is 9.11. The van der Waals surface area contributed by atoms with Gasteiger partial charge in [-0.3, -0.25) is 4.79 Å². The molecule has 0 saturated heterocycles. The maximum atomic E-state index is 12.7. The van der Waals surface area contributed by atoms with Crippen LogP contribution in [0, 0.1) is 0 Å². The van der Waals surface area contributed by atoms with E-state index in [4.69, 9.17) is 39.9 Å². The van der Waals surface area contributed by atoms with Crippen LogP contribution in [0.5, 0.6) is 0 Å². The Labute approximate surface area is 127 Å². The largest absolute Gasteiger partial charge is 0.481 e. The number of alkyl halides is 3. The van der Waals surface area contributed by atoms with Crippen molar-refractivity contribution in [3.05, 3.63) is 44.9 Å². The molecule has 0 fully saturated rings. The predicted octanol–water partition coefficient (Wildman–Crippen LogP) is 5.24. The van der Waals surface area contributed by atoms with Crippen LogP contribution in [0.3, 0.4) is 0 Å². The lowest BCUT2D eigenvalue weighted by atomic mass is 9.94. The minimum Gasteiger partial charge on any atom is -0.481 e. The number of hydrogen-bond acceptors (Lipinski definition) is 1. The van der Waals surface area contributed by atoms with Crippen LogP contribution in [0.25, 0.3) is 0 Å². The predicted molar refractivity (Wildman–Crippen MR) is 71.2 cm³/mol. The summed E-state index contributed by atoms with van der Waals surface area (Å²) in [6.45, 7) is 0. The van der Waals surface area contributed by atoms with Gasteiger partial charge >= 0.3 is 12.1 Å². The third-order valence-electron chi connectivity index (χ3n) is 2.44. The number of hydrogen-bond donors (Lipinski definition) is 1. The molecule has 0 saturated carbocycles. The Morgan fingerprint density at radius 1 is 1.35 bits per heavy atom. The summed E-state index contributed by atoms with van der Waals surface area (Å²) in [5.41, 5.74) is -0.922. The lowest BCUT2D eigenvalue weighted by Gasteiger charge is -2.15. The zero-order chi connectivity index (χ0) is 15.5. The summed E-state index contributed by atoms with van der Waals surface area (Å²) in [5.74, 6) is -2.17. The second-order valence-corrected chi connectivity index (χ2v) is 5.31. The van der Waals surface area contributed by atoms with Crippen LogP contribution in [0.4, 0.5) is 13.2 Å². The third kappa shape index (κ3) is 4.89. The highest BCUT2D eigenvalue weighted by atomic mass is 35.5. The first-order valence-corrected chi connectivity index (χ1v) is 6.36. The quantitative estimate of drug-likeness (QED) is 0.809. The molecule has 0 heterocycles. The normalized spacial score (nSPS) is 12.9. The molecule has 0 bridgehead atoms. The number of carboxylic acids is 1. The Bertz CT molecular complexity index is 537. The molecule has 1 N–H and O–H groups in total. The minimum absolute atomic E-state index is 0.00249. The van der Waals surface area contributed by atoms with Crippen LogP contribution in [0.2, 0.25) is 5.02 Å². The number of carboxylic acid groups (broad SMARTS) is 1. The number of halogens is 6. The Balaban J connectivity index is 3.31. The Kier molecular flexibility index (Phi) is 5.74. The van der Waals surface area contributed by atoms with E-state index in [1.807, 2.05) is 0 Å². The topological polar surface area (TPSA) is 37.3 Å². The molecule has 8 heteroatoms. The van der Waals surface area contributed by atoms with Crippen molar-refractivity contribution in [3.63, 3.8) is 0 Å². The van der Waals surface area contributed by atoms with Crippen LogP contribution in [0.1, 0.15) is 23.5 Å². The summed E-state index contributed by atoms with van der Waals surface area (Å²) < 4.78 is 37.7. The van der Waals surface area contributed by atoms with Gasteiger partial charge in [-0.15, -0.1) is 0 Å². The van der Waals surface area contributed by atoms with Crippen molar-refractivity contribution in [2.75, 3.05) is 0 Å². The van der Waals surface area contributed by atoms with Crippen molar-refractivity contribution >= 4 is 40.8 Å². The van der Waals surface area contributed by atoms with Crippen LogP contribution in [-0.4, -0.2) is 11.1 Å². The van der Waals surface area contributed by atoms with E-state index < -0.39 is 30.0 Å². The highest BCUT2D eigenvalue weighted by molar-refractivity contribution is 6.55. The summed E-state index contributed by atoms with van der Waals surface area (Å²) in [7, 11) is 0. The van der Waals surface area contributed by atoms with Gasteiger partial charge in [-0.25, -0.2) is 0 Å². The number of allylic oxidation sites excluding steroid dienone is 1. The molecule has 0 aliphatic carbocycles. The number of benzene rings is 1. The molecule has 0 amide bonds. The standard InChI is InChI=1S/C12H8Cl3F3O2/c13-9-2-1-7(12(16,17)18)5-8(9)6(3-10(14)15)4-11(19)20/h1-3,5-6H,4H2,(H,19,20). The van der Waals surface area contributed by atoms with E-state index >= 15 is 0 Å². The van der Waals surface area contributed by atoms with E-state index in [2.05, 4.69) is 0 Å². The Morgan fingerprint density at radius 2 is 1.95 bits per heavy atom. The lowest BCUT2D eigenvalue weighted by Crippen LogP contribution is -2.09. The van der Waals surface area contributed by atoms with E-state index in [0.29, 0.717) is 0 Å². The molecule has 110 valence electrons. The first kappa shape index (κ1) is 17.1. The zero-order valence-electron chi connectivity index (χ0n) is 9.72. The minimum atomic E-state index is -4.55. The molecule has 1 atom stereocenters. The van der Waals surface area contributed by atoms with Gasteiger partial charge in [0.25, 0.3) is 0 Å². The average Bonchev–Trinajstić information content (AvgIpc) is 2.25. The molecule has 20 heavy (non-hydrogen) atoms. The van der Waals surface area contributed by atoms with Gasteiger partial charge in [-0.1, -0.05) is 34.8 Å².